The third kappa shape index (κ3) is 1.75. The van der Waals surface area contributed by atoms with Crippen molar-refractivity contribution >= 4 is 11.8 Å². The molecule has 1 aliphatic rings. The Labute approximate surface area is 61.7 Å². The molecule has 1 unspecified atom stereocenters. The Morgan fingerprint density at radius 2 is 2.44 bits per heavy atom. The van der Waals surface area contributed by atoms with Crippen LogP contribution in [0.25, 0.3) is 0 Å². The van der Waals surface area contributed by atoms with Crippen LogP contribution in [-0.4, -0.2) is 4.75 Å². The van der Waals surface area contributed by atoms with E-state index in [1.165, 1.54) is 19.3 Å². The molecule has 0 fully saturated rings. The summed E-state index contributed by atoms with van der Waals surface area (Å²) in [6.07, 6.45) is 6.19. The van der Waals surface area contributed by atoms with E-state index in [-0.39, 0.29) is 0 Å². The van der Waals surface area contributed by atoms with Gasteiger partial charge >= 0.3 is 0 Å². The highest BCUT2D eigenvalue weighted by molar-refractivity contribution is 8.03. The summed E-state index contributed by atoms with van der Waals surface area (Å²) in [5, 5.41) is 2.24. The second-order valence-electron chi connectivity index (χ2n) is 2.83. The zero-order chi connectivity index (χ0) is 6.74. The molecule has 9 heavy (non-hydrogen) atoms. The molecule has 0 aromatic heterocycles. The standard InChI is InChI=1S/C8H14S/c1-3-8(2)6-4-5-7-9-8/h5,7H,3-4,6H2,1-2H3. The fourth-order valence-corrected chi connectivity index (χ4v) is 1.95. The Balaban J connectivity index is 2.50. The molecule has 0 aliphatic carbocycles. The average Bonchev–Trinajstić information content (AvgIpc) is 1.90. The largest absolute Gasteiger partial charge is 0.128 e. The molecule has 0 bridgehead atoms. The van der Waals surface area contributed by atoms with E-state index in [4.69, 9.17) is 0 Å². The maximum atomic E-state index is 2.35. The predicted octanol–water partition coefficient (Wildman–Crippen LogP) is 3.20. The SMILES string of the molecule is CCC1(C)CCC=CS1. The van der Waals surface area contributed by atoms with Gasteiger partial charge < -0.3 is 0 Å². The van der Waals surface area contributed by atoms with Gasteiger partial charge in [-0.2, -0.15) is 0 Å². The lowest BCUT2D eigenvalue weighted by Crippen LogP contribution is -2.18. The number of rotatable bonds is 1. The molecule has 0 aromatic rings. The lowest BCUT2D eigenvalue weighted by molar-refractivity contribution is 0.572. The highest BCUT2D eigenvalue weighted by Gasteiger charge is 2.22. The van der Waals surface area contributed by atoms with Gasteiger partial charge in [-0.3, -0.25) is 0 Å². The second kappa shape index (κ2) is 2.78. The molecule has 1 atom stereocenters. The smallest absolute Gasteiger partial charge is 0.0173 e. The molecule has 52 valence electrons. The maximum absolute atomic E-state index is 2.35. The molecule has 1 rings (SSSR count). The van der Waals surface area contributed by atoms with Crippen molar-refractivity contribution in [1.29, 1.82) is 0 Å². The molecule has 0 spiro atoms. The minimum atomic E-state index is 0.550. The van der Waals surface area contributed by atoms with Crippen molar-refractivity contribution in [2.24, 2.45) is 0 Å². The highest BCUT2D eigenvalue weighted by atomic mass is 32.2. The van der Waals surface area contributed by atoms with Crippen LogP contribution in [0.5, 0.6) is 0 Å². The Morgan fingerprint density at radius 3 is 2.78 bits per heavy atom. The van der Waals surface area contributed by atoms with E-state index >= 15 is 0 Å². The second-order valence-corrected chi connectivity index (χ2v) is 4.33. The van der Waals surface area contributed by atoms with Gasteiger partial charge in [0.2, 0.25) is 0 Å². The Morgan fingerprint density at radius 1 is 1.67 bits per heavy atom. The van der Waals surface area contributed by atoms with E-state index in [0.717, 1.165) is 0 Å². The number of hydrogen-bond donors (Lipinski definition) is 0. The first-order chi connectivity index (χ1) is 4.27. The van der Waals surface area contributed by atoms with Crippen LogP contribution in [-0.2, 0) is 0 Å². The zero-order valence-corrected chi connectivity index (χ0v) is 7.00. The zero-order valence-electron chi connectivity index (χ0n) is 6.18. The Bertz CT molecular complexity index is 118. The molecule has 0 nitrogen and oxygen atoms in total. The topological polar surface area (TPSA) is 0 Å². The Kier molecular flexibility index (Phi) is 2.23. The third-order valence-corrected chi connectivity index (χ3v) is 3.43. The fraction of sp³-hybridized carbons (Fsp3) is 0.750. The van der Waals surface area contributed by atoms with Crippen LogP contribution in [0.4, 0.5) is 0 Å². The molecule has 0 N–H and O–H groups in total. The van der Waals surface area contributed by atoms with Crippen molar-refractivity contribution < 1.29 is 0 Å². The van der Waals surface area contributed by atoms with E-state index in [9.17, 15) is 0 Å². The molecule has 0 saturated carbocycles. The first kappa shape index (κ1) is 7.20. The summed E-state index contributed by atoms with van der Waals surface area (Å²) in [7, 11) is 0. The maximum Gasteiger partial charge on any atom is 0.0173 e. The molecule has 1 heterocycles. The van der Waals surface area contributed by atoms with Gasteiger partial charge in [0.25, 0.3) is 0 Å². The van der Waals surface area contributed by atoms with Gasteiger partial charge in [0.05, 0.1) is 0 Å². The number of hydrogen-bond acceptors (Lipinski definition) is 1. The summed E-state index contributed by atoms with van der Waals surface area (Å²) in [4.78, 5) is 0. The van der Waals surface area contributed by atoms with Crippen LogP contribution in [0.2, 0.25) is 0 Å². The van der Waals surface area contributed by atoms with Gasteiger partial charge in [-0.15, -0.1) is 11.8 Å². The quantitative estimate of drug-likeness (QED) is 0.542. The minimum Gasteiger partial charge on any atom is -0.128 e. The van der Waals surface area contributed by atoms with Crippen molar-refractivity contribution in [2.45, 2.75) is 37.9 Å². The summed E-state index contributed by atoms with van der Waals surface area (Å²) in [6, 6.07) is 0. The highest BCUT2D eigenvalue weighted by Crippen LogP contribution is 2.37. The predicted molar refractivity (Wildman–Crippen MR) is 44.7 cm³/mol. The molecule has 0 saturated heterocycles. The first-order valence-electron chi connectivity index (χ1n) is 3.60. The van der Waals surface area contributed by atoms with Crippen molar-refractivity contribution in [1.82, 2.24) is 0 Å². The molecular formula is C8H14S. The van der Waals surface area contributed by atoms with Crippen LogP contribution in [0.1, 0.15) is 33.1 Å². The van der Waals surface area contributed by atoms with Gasteiger partial charge in [0.1, 0.15) is 0 Å². The molecule has 1 aliphatic heterocycles. The molecule has 0 amide bonds. The number of thioether (sulfide) groups is 1. The van der Waals surface area contributed by atoms with Crippen LogP contribution in [0, 0.1) is 0 Å². The first-order valence-corrected chi connectivity index (χ1v) is 4.48. The van der Waals surface area contributed by atoms with Gasteiger partial charge in [-0.25, -0.2) is 0 Å². The van der Waals surface area contributed by atoms with Crippen LogP contribution >= 0.6 is 11.8 Å². The fourth-order valence-electron chi connectivity index (χ4n) is 0.988. The minimum absolute atomic E-state index is 0.550. The van der Waals surface area contributed by atoms with E-state index in [2.05, 4.69) is 25.3 Å². The lowest BCUT2D eigenvalue weighted by Gasteiger charge is -2.27. The van der Waals surface area contributed by atoms with E-state index in [0.29, 0.717) is 4.75 Å². The van der Waals surface area contributed by atoms with Crippen LogP contribution in [0.3, 0.4) is 0 Å². The van der Waals surface area contributed by atoms with Crippen molar-refractivity contribution in [2.75, 3.05) is 0 Å². The molecule has 0 aromatic carbocycles. The average molecular weight is 142 g/mol. The number of allylic oxidation sites excluding steroid dienone is 1. The van der Waals surface area contributed by atoms with Gasteiger partial charge in [-0.05, 0) is 24.7 Å². The Hall–Kier alpha value is 0.0900. The summed E-state index contributed by atoms with van der Waals surface area (Å²) in [5.41, 5.74) is 0. The van der Waals surface area contributed by atoms with Gasteiger partial charge in [0.15, 0.2) is 0 Å². The van der Waals surface area contributed by atoms with E-state index in [1.807, 2.05) is 11.8 Å². The third-order valence-electron chi connectivity index (χ3n) is 2.04. The molecule has 0 radical (unpaired) electrons. The molecule has 1 heteroatoms. The molecular weight excluding hydrogens is 128 g/mol. The van der Waals surface area contributed by atoms with Crippen LogP contribution < -0.4 is 0 Å². The van der Waals surface area contributed by atoms with Gasteiger partial charge in [0, 0.05) is 4.75 Å². The monoisotopic (exact) mass is 142 g/mol. The van der Waals surface area contributed by atoms with Gasteiger partial charge in [-0.1, -0.05) is 19.9 Å². The summed E-state index contributed by atoms with van der Waals surface area (Å²) in [6.45, 7) is 4.62. The van der Waals surface area contributed by atoms with Crippen molar-refractivity contribution in [3.05, 3.63) is 11.5 Å². The lowest BCUT2D eigenvalue weighted by atomic mass is 10.0. The van der Waals surface area contributed by atoms with E-state index < -0.39 is 0 Å². The van der Waals surface area contributed by atoms with Crippen molar-refractivity contribution in [3.8, 4) is 0 Å². The van der Waals surface area contributed by atoms with Crippen LogP contribution in [0.15, 0.2) is 11.5 Å². The normalized spacial score (nSPS) is 34.9. The van der Waals surface area contributed by atoms with Crippen molar-refractivity contribution in [3.63, 3.8) is 0 Å². The van der Waals surface area contributed by atoms with E-state index in [1.54, 1.807) is 0 Å². The summed E-state index contributed by atoms with van der Waals surface area (Å²) >= 11 is 1.98. The summed E-state index contributed by atoms with van der Waals surface area (Å²) < 4.78 is 0.550. The summed E-state index contributed by atoms with van der Waals surface area (Å²) in [5.74, 6) is 0.